The Kier molecular flexibility index (Phi) is 3.35. The maximum atomic E-state index is 14.6. The van der Waals surface area contributed by atoms with E-state index in [1.807, 2.05) is 18.2 Å². The van der Waals surface area contributed by atoms with Gasteiger partial charge in [-0.3, -0.25) is 0 Å². The Balaban J connectivity index is 2.10. The van der Waals surface area contributed by atoms with Crippen molar-refractivity contribution >= 4 is 28.7 Å². The van der Waals surface area contributed by atoms with E-state index >= 15 is 0 Å². The molecule has 2 aromatic carbocycles. The molecule has 0 amide bonds. The van der Waals surface area contributed by atoms with Gasteiger partial charge < -0.3 is 20.7 Å². The van der Waals surface area contributed by atoms with Crippen molar-refractivity contribution in [2.75, 3.05) is 29.7 Å². The summed E-state index contributed by atoms with van der Waals surface area (Å²) in [7, 11) is 1.27. The summed E-state index contributed by atoms with van der Waals surface area (Å²) in [4.78, 5) is 11.9. The number of nitrogens with one attached hydrogen (secondary N) is 3. The minimum Gasteiger partial charge on any atom is -0.465 e. The Hall–Kier alpha value is -2.76. The summed E-state index contributed by atoms with van der Waals surface area (Å²) in [5.74, 6) is -1.11. The number of benzene rings is 2. The SMILES string of the molecule is COC(=O)c1cc2c(c(F)c1Nc1ccccc1)NCN2. The molecule has 0 aliphatic carbocycles. The molecule has 1 heterocycles. The summed E-state index contributed by atoms with van der Waals surface area (Å²) in [6.07, 6.45) is 0. The molecule has 3 N–H and O–H groups in total. The summed E-state index contributed by atoms with van der Waals surface area (Å²) in [5, 5.41) is 8.81. The van der Waals surface area contributed by atoms with Crippen LogP contribution in [-0.2, 0) is 4.74 Å². The molecule has 21 heavy (non-hydrogen) atoms. The van der Waals surface area contributed by atoms with E-state index in [1.165, 1.54) is 7.11 Å². The number of hydrogen-bond donors (Lipinski definition) is 3. The first-order valence-corrected chi connectivity index (χ1v) is 6.45. The van der Waals surface area contributed by atoms with Crippen molar-refractivity contribution in [3.8, 4) is 0 Å². The summed E-state index contributed by atoms with van der Waals surface area (Å²) < 4.78 is 19.4. The molecule has 0 spiro atoms. The lowest BCUT2D eigenvalue weighted by Crippen LogP contribution is -2.08. The minimum absolute atomic E-state index is 0.100. The van der Waals surface area contributed by atoms with Gasteiger partial charge >= 0.3 is 5.97 Å². The second kappa shape index (κ2) is 5.32. The number of hydrogen-bond acceptors (Lipinski definition) is 5. The molecule has 0 aromatic heterocycles. The van der Waals surface area contributed by atoms with Gasteiger partial charge in [0.05, 0.1) is 36.4 Å². The molecular formula is C15H14FN3O2. The highest BCUT2D eigenvalue weighted by Crippen LogP contribution is 2.38. The molecule has 5 nitrogen and oxygen atoms in total. The number of para-hydroxylation sites is 1. The highest BCUT2D eigenvalue weighted by atomic mass is 19.1. The monoisotopic (exact) mass is 287 g/mol. The van der Waals surface area contributed by atoms with Gasteiger partial charge in [0.2, 0.25) is 0 Å². The molecule has 3 rings (SSSR count). The average molecular weight is 287 g/mol. The van der Waals surface area contributed by atoms with Crippen LogP contribution in [0.4, 0.5) is 27.1 Å². The fourth-order valence-electron chi connectivity index (χ4n) is 2.25. The molecule has 108 valence electrons. The maximum Gasteiger partial charge on any atom is 0.340 e. The maximum absolute atomic E-state index is 14.6. The second-order valence-corrected chi connectivity index (χ2v) is 4.55. The number of halogens is 1. The van der Waals surface area contributed by atoms with Gasteiger partial charge in [-0.25, -0.2) is 9.18 Å². The number of ether oxygens (including phenoxy) is 1. The Labute approximate surface area is 121 Å². The summed E-state index contributed by atoms with van der Waals surface area (Å²) in [6, 6.07) is 10.7. The standard InChI is InChI=1S/C15H14FN3O2/c1-21-15(20)10-7-11-14(18-8-17-11)12(16)13(10)19-9-5-3-2-4-6-9/h2-7,17-19H,8H2,1H3. The number of carbonyl (C=O) groups is 1. The van der Waals surface area contributed by atoms with Crippen molar-refractivity contribution in [2.45, 2.75) is 0 Å². The molecule has 6 heteroatoms. The van der Waals surface area contributed by atoms with E-state index < -0.39 is 11.8 Å². The van der Waals surface area contributed by atoms with Crippen LogP contribution in [0.1, 0.15) is 10.4 Å². The molecule has 0 saturated heterocycles. The first-order valence-electron chi connectivity index (χ1n) is 6.45. The lowest BCUT2D eigenvalue weighted by atomic mass is 10.1. The van der Waals surface area contributed by atoms with E-state index in [4.69, 9.17) is 4.74 Å². The van der Waals surface area contributed by atoms with Crippen LogP contribution in [0, 0.1) is 5.82 Å². The largest absolute Gasteiger partial charge is 0.465 e. The van der Waals surface area contributed by atoms with Crippen LogP contribution in [0.3, 0.4) is 0 Å². The van der Waals surface area contributed by atoms with Gasteiger partial charge in [0.1, 0.15) is 0 Å². The van der Waals surface area contributed by atoms with Gasteiger partial charge in [-0.1, -0.05) is 18.2 Å². The van der Waals surface area contributed by atoms with E-state index in [-0.39, 0.29) is 11.3 Å². The number of rotatable bonds is 3. The van der Waals surface area contributed by atoms with E-state index in [9.17, 15) is 9.18 Å². The summed E-state index contributed by atoms with van der Waals surface area (Å²) in [6.45, 7) is 0.418. The van der Waals surface area contributed by atoms with Crippen LogP contribution in [0.5, 0.6) is 0 Å². The molecule has 0 unspecified atom stereocenters. The van der Waals surface area contributed by atoms with Crippen LogP contribution >= 0.6 is 0 Å². The zero-order valence-electron chi connectivity index (χ0n) is 11.4. The quantitative estimate of drug-likeness (QED) is 0.757. The molecule has 0 fully saturated rings. The zero-order valence-corrected chi connectivity index (χ0v) is 11.4. The summed E-state index contributed by atoms with van der Waals surface area (Å²) >= 11 is 0. The third-order valence-corrected chi connectivity index (χ3v) is 3.26. The van der Waals surface area contributed by atoms with Crippen molar-refractivity contribution in [1.82, 2.24) is 0 Å². The Morgan fingerprint density at radius 3 is 2.76 bits per heavy atom. The lowest BCUT2D eigenvalue weighted by molar-refractivity contribution is 0.0601. The van der Waals surface area contributed by atoms with Crippen molar-refractivity contribution in [2.24, 2.45) is 0 Å². The topological polar surface area (TPSA) is 62.4 Å². The highest BCUT2D eigenvalue weighted by Gasteiger charge is 2.25. The van der Waals surface area contributed by atoms with Crippen LogP contribution in [-0.4, -0.2) is 19.7 Å². The molecular weight excluding hydrogens is 273 g/mol. The Bertz CT molecular complexity index is 689. The van der Waals surface area contributed by atoms with E-state index in [2.05, 4.69) is 16.0 Å². The average Bonchev–Trinajstić information content (AvgIpc) is 2.99. The molecule has 0 atom stereocenters. The number of fused-ring (bicyclic) bond motifs is 1. The fraction of sp³-hybridized carbons (Fsp3) is 0.133. The Morgan fingerprint density at radius 1 is 1.29 bits per heavy atom. The van der Waals surface area contributed by atoms with Crippen molar-refractivity contribution < 1.29 is 13.9 Å². The predicted octanol–water partition coefficient (Wildman–Crippen LogP) is 3.15. The van der Waals surface area contributed by atoms with E-state index in [1.54, 1.807) is 18.2 Å². The highest BCUT2D eigenvalue weighted by molar-refractivity contribution is 6.00. The van der Waals surface area contributed by atoms with Gasteiger partial charge in [0.15, 0.2) is 5.82 Å². The van der Waals surface area contributed by atoms with Crippen LogP contribution < -0.4 is 16.0 Å². The van der Waals surface area contributed by atoms with E-state index in [0.717, 1.165) is 0 Å². The van der Waals surface area contributed by atoms with E-state index in [0.29, 0.717) is 23.7 Å². The van der Waals surface area contributed by atoms with Gasteiger partial charge in [0, 0.05) is 5.69 Å². The molecule has 0 saturated carbocycles. The fourth-order valence-corrected chi connectivity index (χ4v) is 2.25. The lowest BCUT2D eigenvalue weighted by Gasteiger charge is -2.14. The number of carbonyl (C=O) groups excluding carboxylic acids is 1. The number of anilines is 4. The predicted molar refractivity (Wildman–Crippen MR) is 79.6 cm³/mol. The van der Waals surface area contributed by atoms with Crippen LogP contribution in [0.15, 0.2) is 36.4 Å². The molecule has 1 aliphatic heterocycles. The first kappa shape index (κ1) is 13.2. The first-order chi connectivity index (χ1) is 10.2. The van der Waals surface area contributed by atoms with Gasteiger partial charge in [-0.05, 0) is 18.2 Å². The minimum atomic E-state index is -0.594. The van der Waals surface area contributed by atoms with Gasteiger partial charge in [-0.2, -0.15) is 0 Å². The zero-order chi connectivity index (χ0) is 14.8. The number of esters is 1. The van der Waals surface area contributed by atoms with Crippen LogP contribution in [0.25, 0.3) is 0 Å². The molecule has 1 aliphatic rings. The third kappa shape index (κ3) is 2.35. The smallest absolute Gasteiger partial charge is 0.340 e. The van der Waals surface area contributed by atoms with Gasteiger partial charge in [-0.15, -0.1) is 0 Å². The van der Waals surface area contributed by atoms with Crippen molar-refractivity contribution in [1.29, 1.82) is 0 Å². The molecule has 0 bridgehead atoms. The molecule has 0 radical (unpaired) electrons. The normalized spacial score (nSPS) is 12.1. The van der Waals surface area contributed by atoms with Crippen LogP contribution in [0.2, 0.25) is 0 Å². The molecule has 2 aromatic rings. The second-order valence-electron chi connectivity index (χ2n) is 4.55. The number of methoxy groups -OCH3 is 1. The van der Waals surface area contributed by atoms with Crippen molar-refractivity contribution in [3.63, 3.8) is 0 Å². The van der Waals surface area contributed by atoms with Gasteiger partial charge in [0.25, 0.3) is 0 Å². The Morgan fingerprint density at radius 2 is 2.05 bits per heavy atom. The summed E-state index contributed by atoms with van der Waals surface area (Å²) in [5.41, 5.74) is 1.83. The third-order valence-electron chi connectivity index (χ3n) is 3.26. The van der Waals surface area contributed by atoms with Crippen molar-refractivity contribution in [3.05, 3.63) is 47.8 Å².